The highest BCUT2D eigenvalue weighted by Crippen LogP contribution is 2.17. The van der Waals surface area contributed by atoms with E-state index in [0.717, 1.165) is 23.4 Å². The summed E-state index contributed by atoms with van der Waals surface area (Å²) >= 11 is 1.78. The van der Waals surface area contributed by atoms with Crippen LogP contribution in [0.25, 0.3) is 0 Å². The fourth-order valence-electron chi connectivity index (χ4n) is 2.26. The molecule has 0 radical (unpaired) electrons. The topological polar surface area (TPSA) is 37.8 Å². The van der Waals surface area contributed by atoms with Crippen molar-refractivity contribution in [2.75, 3.05) is 12.3 Å². The third-order valence-electron chi connectivity index (χ3n) is 3.18. The third-order valence-corrected chi connectivity index (χ3v) is 4.09. The maximum absolute atomic E-state index is 4.25. The van der Waals surface area contributed by atoms with Crippen molar-refractivity contribution in [1.82, 2.24) is 15.3 Å². The standard InChI is InChI=1S/C13H21N3S/c1-2-4-6-12(5-3-1)15-9-10-17-13-11-14-7-8-16-13/h7-8,11-12,15H,1-6,9-10H2. The van der Waals surface area contributed by atoms with Crippen LogP contribution in [-0.2, 0) is 0 Å². The summed E-state index contributed by atoms with van der Waals surface area (Å²) in [6.45, 7) is 1.08. The molecular weight excluding hydrogens is 230 g/mol. The van der Waals surface area contributed by atoms with Crippen molar-refractivity contribution in [1.29, 1.82) is 0 Å². The van der Waals surface area contributed by atoms with E-state index in [-0.39, 0.29) is 0 Å². The highest BCUT2D eigenvalue weighted by molar-refractivity contribution is 7.99. The van der Waals surface area contributed by atoms with Crippen LogP contribution in [0.15, 0.2) is 23.6 Å². The van der Waals surface area contributed by atoms with Gasteiger partial charge >= 0.3 is 0 Å². The summed E-state index contributed by atoms with van der Waals surface area (Å²) in [6, 6.07) is 0.750. The van der Waals surface area contributed by atoms with E-state index in [1.54, 1.807) is 24.2 Å². The molecule has 1 aliphatic rings. The average molecular weight is 251 g/mol. The molecule has 0 saturated heterocycles. The Morgan fingerprint density at radius 3 is 2.71 bits per heavy atom. The fraction of sp³-hybridized carbons (Fsp3) is 0.692. The highest BCUT2D eigenvalue weighted by atomic mass is 32.2. The van der Waals surface area contributed by atoms with E-state index in [1.165, 1.54) is 38.5 Å². The van der Waals surface area contributed by atoms with Crippen molar-refractivity contribution < 1.29 is 0 Å². The van der Waals surface area contributed by atoms with Gasteiger partial charge in [-0.15, -0.1) is 11.8 Å². The molecule has 1 saturated carbocycles. The van der Waals surface area contributed by atoms with Gasteiger partial charge in [-0.25, -0.2) is 4.98 Å². The van der Waals surface area contributed by atoms with E-state index >= 15 is 0 Å². The largest absolute Gasteiger partial charge is 0.313 e. The smallest absolute Gasteiger partial charge is 0.114 e. The SMILES string of the molecule is c1cnc(SCCNC2CCCCCC2)cn1. The third kappa shape index (κ3) is 5.04. The molecule has 94 valence electrons. The van der Waals surface area contributed by atoms with Crippen LogP contribution in [0.2, 0.25) is 0 Å². The molecule has 0 aromatic carbocycles. The summed E-state index contributed by atoms with van der Waals surface area (Å²) in [7, 11) is 0. The lowest BCUT2D eigenvalue weighted by Crippen LogP contribution is -2.30. The molecule has 17 heavy (non-hydrogen) atoms. The van der Waals surface area contributed by atoms with Crippen LogP contribution < -0.4 is 5.32 Å². The van der Waals surface area contributed by atoms with E-state index in [1.807, 2.05) is 6.20 Å². The van der Waals surface area contributed by atoms with Crippen LogP contribution in [0.5, 0.6) is 0 Å². The molecule has 0 amide bonds. The number of nitrogens with zero attached hydrogens (tertiary/aromatic N) is 2. The molecule has 1 aromatic rings. The molecule has 3 nitrogen and oxygen atoms in total. The van der Waals surface area contributed by atoms with Gasteiger partial charge in [-0.1, -0.05) is 25.7 Å². The van der Waals surface area contributed by atoms with Crippen LogP contribution in [-0.4, -0.2) is 28.3 Å². The molecule has 1 aromatic heterocycles. The molecule has 4 heteroatoms. The van der Waals surface area contributed by atoms with E-state index in [0.29, 0.717) is 0 Å². The minimum Gasteiger partial charge on any atom is -0.313 e. The molecule has 0 unspecified atom stereocenters. The molecular formula is C13H21N3S. The molecule has 0 spiro atoms. The lowest BCUT2D eigenvalue weighted by molar-refractivity contribution is 0.474. The van der Waals surface area contributed by atoms with Gasteiger partial charge in [0.05, 0.1) is 6.20 Å². The van der Waals surface area contributed by atoms with Crippen LogP contribution in [0.3, 0.4) is 0 Å². The number of aromatic nitrogens is 2. The minimum absolute atomic E-state index is 0.750. The second-order valence-corrected chi connectivity index (χ2v) is 5.65. The second kappa shape index (κ2) is 7.67. The normalized spacial score (nSPS) is 17.9. The molecule has 0 bridgehead atoms. The predicted molar refractivity (Wildman–Crippen MR) is 72.2 cm³/mol. The van der Waals surface area contributed by atoms with Crippen LogP contribution >= 0.6 is 11.8 Å². The molecule has 0 atom stereocenters. The van der Waals surface area contributed by atoms with E-state index in [9.17, 15) is 0 Å². The number of hydrogen-bond acceptors (Lipinski definition) is 4. The van der Waals surface area contributed by atoms with Crippen LogP contribution in [0.1, 0.15) is 38.5 Å². The van der Waals surface area contributed by atoms with E-state index in [4.69, 9.17) is 0 Å². The Morgan fingerprint density at radius 1 is 1.18 bits per heavy atom. The zero-order valence-electron chi connectivity index (χ0n) is 10.3. The molecule has 2 rings (SSSR count). The molecule has 1 fully saturated rings. The Kier molecular flexibility index (Phi) is 5.79. The highest BCUT2D eigenvalue weighted by Gasteiger charge is 2.10. The number of nitrogens with one attached hydrogen (secondary N) is 1. The zero-order valence-corrected chi connectivity index (χ0v) is 11.1. The molecule has 0 aliphatic heterocycles. The molecule has 1 N–H and O–H groups in total. The first-order valence-corrected chi connectivity index (χ1v) is 7.56. The van der Waals surface area contributed by atoms with Gasteiger partial charge < -0.3 is 5.32 Å². The van der Waals surface area contributed by atoms with Crippen molar-refractivity contribution in [2.45, 2.75) is 49.6 Å². The van der Waals surface area contributed by atoms with Gasteiger partial charge in [-0.05, 0) is 12.8 Å². The minimum atomic E-state index is 0.750. The summed E-state index contributed by atoms with van der Waals surface area (Å²) < 4.78 is 0. The van der Waals surface area contributed by atoms with Gasteiger partial charge in [0.15, 0.2) is 0 Å². The van der Waals surface area contributed by atoms with Gasteiger partial charge in [0.1, 0.15) is 5.03 Å². The summed E-state index contributed by atoms with van der Waals surface area (Å²) in [5, 5.41) is 4.69. The van der Waals surface area contributed by atoms with Crippen LogP contribution in [0.4, 0.5) is 0 Å². The lowest BCUT2D eigenvalue weighted by Gasteiger charge is -2.15. The Labute approximate surface area is 108 Å². The summed E-state index contributed by atoms with van der Waals surface area (Å²) in [5.41, 5.74) is 0. The monoisotopic (exact) mass is 251 g/mol. The van der Waals surface area contributed by atoms with Crippen molar-refractivity contribution in [3.05, 3.63) is 18.6 Å². The van der Waals surface area contributed by atoms with Crippen molar-refractivity contribution in [3.8, 4) is 0 Å². The first-order chi connectivity index (χ1) is 8.45. The summed E-state index contributed by atoms with van der Waals surface area (Å²) in [5.74, 6) is 1.08. The first kappa shape index (κ1) is 12.8. The first-order valence-electron chi connectivity index (χ1n) is 6.57. The predicted octanol–water partition coefficient (Wildman–Crippen LogP) is 2.88. The van der Waals surface area contributed by atoms with Gasteiger partial charge in [-0.2, -0.15) is 0 Å². The van der Waals surface area contributed by atoms with Gasteiger partial charge in [0.2, 0.25) is 0 Å². The van der Waals surface area contributed by atoms with Crippen molar-refractivity contribution in [3.63, 3.8) is 0 Å². The van der Waals surface area contributed by atoms with Gasteiger partial charge in [0.25, 0.3) is 0 Å². The zero-order chi connectivity index (χ0) is 11.8. The van der Waals surface area contributed by atoms with Crippen molar-refractivity contribution >= 4 is 11.8 Å². The number of rotatable bonds is 5. The Balaban J connectivity index is 1.59. The summed E-state index contributed by atoms with van der Waals surface area (Å²) in [6.07, 6.45) is 13.7. The average Bonchev–Trinajstić information content (AvgIpc) is 2.65. The maximum atomic E-state index is 4.25. The number of hydrogen-bond donors (Lipinski definition) is 1. The van der Waals surface area contributed by atoms with E-state index < -0.39 is 0 Å². The van der Waals surface area contributed by atoms with Gasteiger partial charge in [-0.3, -0.25) is 4.98 Å². The maximum Gasteiger partial charge on any atom is 0.114 e. The molecule has 1 heterocycles. The summed E-state index contributed by atoms with van der Waals surface area (Å²) in [4.78, 5) is 8.31. The van der Waals surface area contributed by atoms with E-state index in [2.05, 4.69) is 15.3 Å². The second-order valence-electron chi connectivity index (χ2n) is 4.53. The molecule has 1 aliphatic carbocycles. The van der Waals surface area contributed by atoms with Crippen LogP contribution in [0, 0.1) is 0 Å². The number of thioether (sulfide) groups is 1. The van der Waals surface area contributed by atoms with Gasteiger partial charge in [0, 0.05) is 30.7 Å². The lowest BCUT2D eigenvalue weighted by atomic mass is 10.1. The Bertz CT molecular complexity index is 297. The Morgan fingerprint density at radius 2 is 2.00 bits per heavy atom. The fourth-order valence-corrected chi connectivity index (χ4v) is 2.96. The van der Waals surface area contributed by atoms with Crippen molar-refractivity contribution in [2.24, 2.45) is 0 Å². The Hall–Kier alpha value is -0.610. The quantitative estimate of drug-likeness (QED) is 0.496.